The first kappa shape index (κ1) is 13.9. The van der Waals surface area contributed by atoms with Crippen LogP contribution in [-0.2, 0) is 6.42 Å². The molecular formula is C16H18N2O2. The summed E-state index contributed by atoms with van der Waals surface area (Å²) < 4.78 is 5.27. The monoisotopic (exact) mass is 270 g/mol. The number of benzene rings is 2. The van der Waals surface area contributed by atoms with Crippen LogP contribution < -0.4 is 15.8 Å². The van der Waals surface area contributed by atoms with Gasteiger partial charge in [-0.2, -0.15) is 0 Å². The molecule has 0 unspecified atom stereocenters. The van der Waals surface area contributed by atoms with Gasteiger partial charge in [0.15, 0.2) is 0 Å². The molecule has 0 saturated heterocycles. The van der Waals surface area contributed by atoms with Crippen LogP contribution in [0.15, 0.2) is 48.5 Å². The number of hydrogen-bond acceptors (Lipinski definition) is 3. The molecule has 0 heterocycles. The molecule has 0 aromatic heterocycles. The molecule has 3 N–H and O–H groups in total. The predicted octanol–water partition coefficient (Wildman–Crippen LogP) is 2.45. The Kier molecular flexibility index (Phi) is 4.60. The Morgan fingerprint density at radius 1 is 1.20 bits per heavy atom. The summed E-state index contributed by atoms with van der Waals surface area (Å²) >= 11 is 0. The second kappa shape index (κ2) is 6.61. The summed E-state index contributed by atoms with van der Waals surface area (Å²) in [4.78, 5) is 11.2. The summed E-state index contributed by atoms with van der Waals surface area (Å²) in [5.74, 6) is 0.252. The van der Waals surface area contributed by atoms with Crippen LogP contribution in [-0.4, -0.2) is 19.6 Å². The highest BCUT2D eigenvalue weighted by Crippen LogP contribution is 2.25. The third-order valence-electron chi connectivity index (χ3n) is 3.06. The Hall–Kier alpha value is -2.49. The Balaban J connectivity index is 2.04. The van der Waals surface area contributed by atoms with Gasteiger partial charge in [0, 0.05) is 12.1 Å². The third kappa shape index (κ3) is 3.51. The van der Waals surface area contributed by atoms with E-state index in [0.717, 1.165) is 18.7 Å². The molecule has 4 heteroatoms. The lowest BCUT2D eigenvalue weighted by Crippen LogP contribution is -2.12. The van der Waals surface area contributed by atoms with Crippen LogP contribution in [0.1, 0.15) is 15.9 Å². The van der Waals surface area contributed by atoms with Crippen molar-refractivity contribution < 1.29 is 9.53 Å². The van der Waals surface area contributed by atoms with Gasteiger partial charge in [-0.3, -0.25) is 4.79 Å². The van der Waals surface area contributed by atoms with E-state index in [2.05, 4.69) is 17.4 Å². The van der Waals surface area contributed by atoms with Crippen molar-refractivity contribution in [2.45, 2.75) is 6.42 Å². The van der Waals surface area contributed by atoms with Crippen LogP contribution in [0.25, 0.3) is 0 Å². The second-order valence-electron chi connectivity index (χ2n) is 4.44. The number of carbonyl (C=O) groups excluding carboxylic acids is 1. The molecule has 20 heavy (non-hydrogen) atoms. The van der Waals surface area contributed by atoms with E-state index in [1.54, 1.807) is 25.3 Å². The average molecular weight is 270 g/mol. The van der Waals surface area contributed by atoms with Crippen molar-refractivity contribution >= 4 is 11.6 Å². The lowest BCUT2D eigenvalue weighted by Gasteiger charge is -2.12. The molecule has 0 aliphatic carbocycles. The minimum atomic E-state index is -0.446. The lowest BCUT2D eigenvalue weighted by molar-refractivity contribution is 0.100. The smallest absolute Gasteiger partial charge is 0.248 e. The first-order valence-corrected chi connectivity index (χ1v) is 6.46. The van der Waals surface area contributed by atoms with Crippen molar-refractivity contribution in [2.24, 2.45) is 5.73 Å². The summed E-state index contributed by atoms with van der Waals surface area (Å²) in [5.41, 5.74) is 7.78. The van der Waals surface area contributed by atoms with Crippen molar-refractivity contribution in [1.82, 2.24) is 0 Å². The number of carbonyl (C=O) groups is 1. The maximum atomic E-state index is 11.2. The topological polar surface area (TPSA) is 64.3 Å². The van der Waals surface area contributed by atoms with E-state index in [-0.39, 0.29) is 0 Å². The minimum absolute atomic E-state index is 0.446. The molecular weight excluding hydrogens is 252 g/mol. The van der Waals surface area contributed by atoms with Gasteiger partial charge in [0.1, 0.15) is 5.75 Å². The minimum Gasteiger partial charge on any atom is -0.495 e. The van der Waals surface area contributed by atoms with Gasteiger partial charge in [-0.15, -0.1) is 0 Å². The van der Waals surface area contributed by atoms with Crippen molar-refractivity contribution in [3.8, 4) is 5.75 Å². The highest BCUT2D eigenvalue weighted by Gasteiger charge is 2.07. The van der Waals surface area contributed by atoms with Crippen molar-refractivity contribution in [3.05, 3.63) is 59.7 Å². The van der Waals surface area contributed by atoms with E-state index in [0.29, 0.717) is 11.3 Å². The van der Waals surface area contributed by atoms with Crippen LogP contribution >= 0.6 is 0 Å². The number of amides is 1. The fraction of sp³-hybridized carbons (Fsp3) is 0.188. The van der Waals surface area contributed by atoms with Crippen molar-refractivity contribution in [2.75, 3.05) is 19.0 Å². The highest BCUT2D eigenvalue weighted by atomic mass is 16.5. The SMILES string of the molecule is COc1ccc(C(N)=O)cc1NCCc1ccccc1. The molecule has 0 bridgehead atoms. The molecule has 104 valence electrons. The van der Waals surface area contributed by atoms with Crippen molar-refractivity contribution in [1.29, 1.82) is 0 Å². The van der Waals surface area contributed by atoms with Gasteiger partial charge in [0.25, 0.3) is 0 Å². The Bertz CT molecular complexity index is 582. The van der Waals surface area contributed by atoms with Gasteiger partial charge in [0.2, 0.25) is 5.91 Å². The highest BCUT2D eigenvalue weighted by molar-refractivity contribution is 5.94. The van der Waals surface area contributed by atoms with E-state index < -0.39 is 5.91 Å². The number of ether oxygens (including phenoxy) is 1. The van der Waals surface area contributed by atoms with Crippen molar-refractivity contribution in [3.63, 3.8) is 0 Å². The molecule has 1 amide bonds. The van der Waals surface area contributed by atoms with E-state index in [4.69, 9.17) is 10.5 Å². The van der Waals surface area contributed by atoms with Gasteiger partial charge >= 0.3 is 0 Å². The molecule has 0 atom stereocenters. The largest absolute Gasteiger partial charge is 0.495 e. The zero-order valence-electron chi connectivity index (χ0n) is 11.4. The molecule has 2 aromatic rings. The first-order chi connectivity index (χ1) is 9.70. The molecule has 0 saturated carbocycles. The predicted molar refractivity (Wildman–Crippen MR) is 80.1 cm³/mol. The zero-order valence-corrected chi connectivity index (χ0v) is 11.4. The molecule has 0 fully saturated rings. The summed E-state index contributed by atoms with van der Waals surface area (Å²) in [7, 11) is 1.60. The normalized spacial score (nSPS) is 10.1. The molecule has 2 aromatic carbocycles. The molecule has 0 spiro atoms. The molecule has 0 aliphatic heterocycles. The van der Waals surface area contributed by atoms with E-state index in [1.807, 2.05) is 18.2 Å². The standard InChI is InChI=1S/C16H18N2O2/c1-20-15-8-7-13(16(17)19)11-14(15)18-10-9-12-5-3-2-4-6-12/h2-8,11,18H,9-10H2,1H3,(H2,17,19). The van der Waals surface area contributed by atoms with Crippen LogP contribution in [0.3, 0.4) is 0 Å². The van der Waals surface area contributed by atoms with Gasteiger partial charge < -0.3 is 15.8 Å². The summed E-state index contributed by atoms with van der Waals surface area (Å²) in [6.45, 7) is 0.753. The average Bonchev–Trinajstić information content (AvgIpc) is 2.48. The molecule has 0 radical (unpaired) electrons. The van der Waals surface area contributed by atoms with E-state index in [1.165, 1.54) is 5.56 Å². The Morgan fingerprint density at radius 3 is 2.60 bits per heavy atom. The molecule has 2 rings (SSSR count). The van der Waals surface area contributed by atoms with E-state index >= 15 is 0 Å². The van der Waals surface area contributed by atoms with Gasteiger partial charge in [-0.1, -0.05) is 30.3 Å². The summed E-state index contributed by atoms with van der Waals surface area (Å²) in [6, 6.07) is 15.3. The van der Waals surface area contributed by atoms with Crippen LogP contribution in [0, 0.1) is 0 Å². The number of hydrogen-bond donors (Lipinski definition) is 2. The number of primary amides is 1. The number of nitrogens with two attached hydrogens (primary N) is 1. The summed E-state index contributed by atoms with van der Waals surface area (Å²) in [5, 5.41) is 3.28. The molecule has 4 nitrogen and oxygen atoms in total. The Labute approximate surface area is 118 Å². The Morgan fingerprint density at radius 2 is 1.95 bits per heavy atom. The fourth-order valence-electron chi connectivity index (χ4n) is 1.99. The van der Waals surface area contributed by atoms with Crippen LogP contribution in [0.5, 0.6) is 5.75 Å². The van der Waals surface area contributed by atoms with E-state index in [9.17, 15) is 4.79 Å². The lowest BCUT2D eigenvalue weighted by atomic mass is 10.1. The number of anilines is 1. The number of nitrogens with one attached hydrogen (secondary N) is 1. The number of rotatable bonds is 6. The van der Waals surface area contributed by atoms with Gasteiger partial charge in [-0.05, 0) is 30.2 Å². The quantitative estimate of drug-likeness (QED) is 0.847. The fourth-order valence-corrected chi connectivity index (χ4v) is 1.99. The third-order valence-corrected chi connectivity index (χ3v) is 3.06. The first-order valence-electron chi connectivity index (χ1n) is 6.46. The van der Waals surface area contributed by atoms with Crippen LogP contribution in [0.4, 0.5) is 5.69 Å². The van der Waals surface area contributed by atoms with Gasteiger partial charge in [-0.25, -0.2) is 0 Å². The van der Waals surface area contributed by atoms with Gasteiger partial charge in [0.05, 0.1) is 12.8 Å². The summed E-state index contributed by atoms with van der Waals surface area (Å²) in [6.07, 6.45) is 0.894. The maximum absolute atomic E-state index is 11.2. The van der Waals surface area contributed by atoms with Crippen LogP contribution in [0.2, 0.25) is 0 Å². The zero-order chi connectivity index (χ0) is 14.4. The number of methoxy groups -OCH3 is 1. The molecule has 0 aliphatic rings. The maximum Gasteiger partial charge on any atom is 0.248 e. The second-order valence-corrected chi connectivity index (χ2v) is 4.44.